The van der Waals surface area contributed by atoms with Crippen LogP contribution in [0, 0.1) is 18.8 Å². The molecule has 0 aliphatic carbocycles. The van der Waals surface area contributed by atoms with Gasteiger partial charge in [0.25, 0.3) is 0 Å². The minimum atomic E-state index is 0.295. The second kappa shape index (κ2) is 5.46. The molecule has 0 amide bonds. The van der Waals surface area contributed by atoms with Crippen LogP contribution in [0.3, 0.4) is 0 Å². The first-order valence-electron chi connectivity index (χ1n) is 5.40. The molecule has 0 aliphatic heterocycles. The average molecular weight is 202 g/mol. The first-order chi connectivity index (χ1) is 7.15. The summed E-state index contributed by atoms with van der Waals surface area (Å²) in [7, 11) is 0. The molecular formula is C14H18O. The van der Waals surface area contributed by atoms with Gasteiger partial charge in [0.05, 0.1) is 0 Å². The molecule has 0 radical (unpaired) electrons. The lowest BCUT2D eigenvalue weighted by Gasteiger charge is -2.11. The molecule has 0 saturated carbocycles. The Labute approximate surface area is 92.1 Å². The fraction of sp³-hybridized carbons (Fsp3) is 0.429. The van der Waals surface area contributed by atoms with E-state index >= 15 is 0 Å². The van der Waals surface area contributed by atoms with Crippen LogP contribution in [-0.2, 0) is 0 Å². The third kappa shape index (κ3) is 3.32. The summed E-state index contributed by atoms with van der Waals surface area (Å²) < 4.78 is 0. The standard InChI is InChI=1S/C14H18O/c1-4-5-6-7-12(3)13-10-11(2)8-9-14(13)15/h8-10,12,15H,4,7H2,1-3H3. The van der Waals surface area contributed by atoms with Gasteiger partial charge in [-0.15, -0.1) is 11.8 Å². The van der Waals surface area contributed by atoms with Crippen molar-refractivity contribution in [2.75, 3.05) is 0 Å². The molecule has 1 N–H and O–H groups in total. The Hall–Kier alpha value is -1.42. The van der Waals surface area contributed by atoms with Crippen molar-refractivity contribution < 1.29 is 5.11 Å². The number of phenols is 1. The van der Waals surface area contributed by atoms with E-state index < -0.39 is 0 Å². The Balaban J connectivity index is 2.81. The lowest BCUT2D eigenvalue weighted by Crippen LogP contribution is -1.93. The van der Waals surface area contributed by atoms with Crippen molar-refractivity contribution in [1.82, 2.24) is 0 Å². The summed E-state index contributed by atoms with van der Waals surface area (Å²) in [6, 6.07) is 5.71. The van der Waals surface area contributed by atoms with Gasteiger partial charge in [-0.2, -0.15) is 0 Å². The molecule has 0 spiro atoms. The van der Waals surface area contributed by atoms with Crippen LogP contribution in [0.15, 0.2) is 18.2 Å². The normalized spacial score (nSPS) is 11.7. The molecule has 0 aliphatic rings. The molecule has 0 bridgehead atoms. The second-order valence-electron chi connectivity index (χ2n) is 3.87. The molecule has 0 fully saturated rings. The predicted octanol–water partition coefficient (Wildman–Crippen LogP) is 3.61. The van der Waals surface area contributed by atoms with Crippen molar-refractivity contribution in [3.8, 4) is 17.6 Å². The largest absolute Gasteiger partial charge is 0.508 e. The number of hydrogen-bond acceptors (Lipinski definition) is 1. The van der Waals surface area contributed by atoms with E-state index in [1.807, 2.05) is 26.0 Å². The highest BCUT2D eigenvalue weighted by Crippen LogP contribution is 2.28. The molecule has 1 aromatic rings. The van der Waals surface area contributed by atoms with Crippen LogP contribution < -0.4 is 0 Å². The fourth-order valence-corrected chi connectivity index (χ4v) is 1.53. The summed E-state index contributed by atoms with van der Waals surface area (Å²) in [5.41, 5.74) is 2.18. The Morgan fingerprint density at radius 2 is 2.07 bits per heavy atom. The quantitative estimate of drug-likeness (QED) is 0.726. The van der Waals surface area contributed by atoms with Gasteiger partial charge in [-0.3, -0.25) is 0 Å². The topological polar surface area (TPSA) is 20.2 Å². The first-order valence-corrected chi connectivity index (χ1v) is 5.40. The Kier molecular flexibility index (Phi) is 4.24. The van der Waals surface area contributed by atoms with Crippen LogP contribution in [-0.4, -0.2) is 5.11 Å². The van der Waals surface area contributed by atoms with E-state index in [1.54, 1.807) is 6.07 Å². The predicted molar refractivity (Wildman–Crippen MR) is 63.9 cm³/mol. The van der Waals surface area contributed by atoms with Crippen molar-refractivity contribution in [3.05, 3.63) is 29.3 Å². The summed E-state index contributed by atoms with van der Waals surface area (Å²) in [5.74, 6) is 6.85. The molecular weight excluding hydrogens is 184 g/mol. The summed E-state index contributed by atoms with van der Waals surface area (Å²) in [5, 5.41) is 9.71. The number of benzene rings is 1. The highest BCUT2D eigenvalue weighted by Gasteiger charge is 2.08. The fourth-order valence-electron chi connectivity index (χ4n) is 1.53. The molecule has 80 valence electrons. The molecule has 1 nitrogen and oxygen atoms in total. The maximum absolute atomic E-state index is 9.71. The number of hydrogen-bond donors (Lipinski definition) is 1. The highest BCUT2D eigenvalue weighted by molar-refractivity contribution is 5.38. The summed E-state index contributed by atoms with van der Waals surface area (Å²) >= 11 is 0. The maximum Gasteiger partial charge on any atom is 0.119 e. The van der Waals surface area contributed by atoms with Crippen LogP contribution in [0.25, 0.3) is 0 Å². The van der Waals surface area contributed by atoms with Gasteiger partial charge in [-0.1, -0.05) is 31.5 Å². The van der Waals surface area contributed by atoms with E-state index in [9.17, 15) is 5.11 Å². The third-order valence-corrected chi connectivity index (χ3v) is 2.42. The molecule has 0 heterocycles. The second-order valence-corrected chi connectivity index (χ2v) is 3.87. The first kappa shape index (κ1) is 11.7. The van der Waals surface area contributed by atoms with E-state index in [2.05, 4.69) is 18.8 Å². The summed E-state index contributed by atoms with van der Waals surface area (Å²) in [6.45, 7) is 6.17. The maximum atomic E-state index is 9.71. The van der Waals surface area contributed by atoms with E-state index in [1.165, 1.54) is 5.56 Å². The van der Waals surface area contributed by atoms with Crippen LogP contribution in [0.2, 0.25) is 0 Å². The molecule has 0 saturated heterocycles. The number of phenolic OH excluding ortho intramolecular Hbond substituents is 1. The van der Waals surface area contributed by atoms with Crippen LogP contribution in [0.5, 0.6) is 5.75 Å². The van der Waals surface area contributed by atoms with Gasteiger partial charge in [0.2, 0.25) is 0 Å². The molecule has 1 aromatic carbocycles. The SMILES string of the molecule is CCC#CCC(C)c1cc(C)ccc1O. The zero-order valence-corrected chi connectivity index (χ0v) is 9.67. The van der Waals surface area contributed by atoms with Crippen molar-refractivity contribution in [2.24, 2.45) is 0 Å². The van der Waals surface area contributed by atoms with Gasteiger partial charge in [-0.25, -0.2) is 0 Å². The molecule has 1 unspecified atom stereocenters. The lowest BCUT2D eigenvalue weighted by atomic mass is 9.95. The highest BCUT2D eigenvalue weighted by atomic mass is 16.3. The van der Waals surface area contributed by atoms with E-state index in [4.69, 9.17) is 0 Å². The Bertz CT molecular complexity index is 382. The average Bonchev–Trinajstić information content (AvgIpc) is 2.22. The van der Waals surface area contributed by atoms with Gasteiger partial charge >= 0.3 is 0 Å². The minimum Gasteiger partial charge on any atom is -0.508 e. The third-order valence-electron chi connectivity index (χ3n) is 2.42. The van der Waals surface area contributed by atoms with Crippen molar-refractivity contribution in [1.29, 1.82) is 0 Å². The van der Waals surface area contributed by atoms with E-state index in [-0.39, 0.29) is 0 Å². The van der Waals surface area contributed by atoms with Crippen LogP contribution in [0.4, 0.5) is 0 Å². The smallest absolute Gasteiger partial charge is 0.119 e. The van der Waals surface area contributed by atoms with E-state index in [0.29, 0.717) is 11.7 Å². The van der Waals surface area contributed by atoms with Crippen LogP contribution >= 0.6 is 0 Å². The molecule has 0 aromatic heterocycles. The minimum absolute atomic E-state index is 0.295. The van der Waals surface area contributed by atoms with Crippen molar-refractivity contribution in [3.63, 3.8) is 0 Å². The number of rotatable bonds is 2. The zero-order chi connectivity index (χ0) is 11.3. The van der Waals surface area contributed by atoms with Crippen molar-refractivity contribution in [2.45, 2.75) is 39.5 Å². The van der Waals surface area contributed by atoms with Gasteiger partial charge < -0.3 is 5.11 Å². The van der Waals surface area contributed by atoms with Crippen molar-refractivity contribution >= 4 is 0 Å². The van der Waals surface area contributed by atoms with Gasteiger partial charge in [0.15, 0.2) is 0 Å². The Morgan fingerprint density at radius 3 is 2.73 bits per heavy atom. The van der Waals surface area contributed by atoms with E-state index in [0.717, 1.165) is 18.4 Å². The number of aromatic hydroxyl groups is 1. The molecule has 1 heteroatoms. The number of aryl methyl sites for hydroxylation is 1. The lowest BCUT2D eigenvalue weighted by molar-refractivity contribution is 0.463. The molecule has 15 heavy (non-hydrogen) atoms. The zero-order valence-electron chi connectivity index (χ0n) is 9.67. The monoisotopic (exact) mass is 202 g/mol. The van der Waals surface area contributed by atoms with Gasteiger partial charge in [-0.05, 0) is 24.5 Å². The van der Waals surface area contributed by atoms with Gasteiger partial charge in [0.1, 0.15) is 5.75 Å². The van der Waals surface area contributed by atoms with Crippen LogP contribution in [0.1, 0.15) is 43.7 Å². The Morgan fingerprint density at radius 1 is 1.33 bits per heavy atom. The summed E-state index contributed by atoms with van der Waals surface area (Å²) in [4.78, 5) is 0. The summed E-state index contributed by atoms with van der Waals surface area (Å²) in [6.07, 6.45) is 1.71. The molecule has 1 rings (SSSR count). The van der Waals surface area contributed by atoms with Gasteiger partial charge in [0, 0.05) is 12.8 Å². The molecule has 1 atom stereocenters.